The van der Waals surface area contributed by atoms with Gasteiger partial charge < -0.3 is 16.8 Å². The van der Waals surface area contributed by atoms with Crippen molar-refractivity contribution in [3.63, 3.8) is 0 Å². The van der Waals surface area contributed by atoms with Crippen LogP contribution in [0.1, 0.15) is 19.8 Å². The van der Waals surface area contributed by atoms with Gasteiger partial charge in [-0.1, -0.05) is 6.92 Å². The highest BCUT2D eigenvalue weighted by atomic mass is 16.1. The highest BCUT2D eigenvalue weighted by molar-refractivity contribution is 5.76. The molecule has 0 aromatic heterocycles. The van der Waals surface area contributed by atoms with Crippen molar-refractivity contribution >= 4 is 5.91 Å². The standard InChI is InChI=1S/C6H15N3O/c1-2-3-6(10)9-5(8)4-7/h5H,2-4,7-8H2,1H3,(H,9,10). The van der Waals surface area contributed by atoms with Gasteiger partial charge in [0.2, 0.25) is 5.91 Å². The SMILES string of the molecule is CCCC(=O)NC(N)CN. The van der Waals surface area contributed by atoms with Gasteiger partial charge >= 0.3 is 0 Å². The van der Waals surface area contributed by atoms with Crippen LogP contribution in [0.3, 0.4) is 0 Å². The highest BCUT2D eigenvalue weighted by Gasteiger charge is 2.02. The number of amides is 1. The first-order valence-corrected chi connectivity index (χ1v) is 3.45. The van der Waals surface area contributed by atoms with E-state index in [-0.39, 0.29) is 18.6 Å². The lowest BCUT2D eigenvalue weighted by Crippen LogP contribution is -2.46. The molecule has 0 spiro atoms. The predicted molar refractivity (Wildman–Crippen MR) is 40.1 cm³/mol. The Morgan fingerprint density at radius 2 is 2.30 bits per heavy atom. The lowest BCUT2D eigenvalue weighted by molar-refractivity contribution is -0.121. The van der Waals surface area contributed by atoms with E-state index in [4.69, 9.17) is 11.5 Å². The summed E-state index contributed by atoms with van der Waals surface area (Å²) in [6.45, 7) is 2.23. The number of nitrogens with two attached hydrogens (primary N) is 2. The third kappa shape index (κ3) is 4.29. The van der Waals surface area contributed by atoms with Crippen LogP contribution in [0.5, 0.6) is 0 Å². The lowest BCUT2D eigenvalue weighted by Gasteiger charge is -2.09. The van der Waals surface area contributed by atoms with Gasteiger partial charge in [-0.3, -0.25) is 4.79 Å². The molecule has 5 N–H and O–H groups in total. The molecule has 0 aromatic rings. The summed E-state index contributed by atoms with van der Waals surface area (Å²) >= 11 is 0. The van der Waals surface area contributed by atoms with Crippen molar-refractivity contribution in [2.24, 2.45) is 11.5 Å². The first kappa shape index (κ1) is 9.39. The van der Waals surface area contributed by atoms with Gasteiger partial charge in [0.05, 0.1) is 6.17 Å². The van der Waals surface area contributed by atoms with Gasteiger partial charge in [0.1, 0.15) is 0 Å². The molecular weight excluding hydrogens is 130 g/mol. The zero-order chi connectivity index (χ0) is 7.98. The molecule has 0 heterocycles. The zero-order valence-corrected chi connectivity index (χ0v) is 6.26. The van der Waals surface area contributed by atoms with Crippen molar-refractivity contribution in [2.75, 3.05) is 6.54 Å². The van der Waals surface area contributed by atoms with Crippen LogP contribution < -0.4 is 16.8 Å². The van der Waals surface area contributed by atoms with Crippen LogP contribution in [0.2, 0.25) is 0 Å². The van der Waals surface area contributed by atoms with Crippen molar-refractivity contribution in [1.82, 2.24) is 5.32 Å². The van der Waals surface area contributed by atoms with Gasteiger partial charge in [-0.2, -0.15) is 0 Å². The van der Waals surface area contributed by atoms with Crippen LogP contribution in [0, 0.1) is 0 Å². The van der Waals surface area contributed by atoms with E-state index >= 15 is 0 Å². The maximum absolute atomic E-state index is 10.8. The van der Waals surface area contributed by atoms with Crippen molar-refractivity contribution in [3.05, 3.63) is 0 Å². The molecule has 0 saturated heterocycles. The fraction of sp³-hybridized carbons (Fsp3) is 0.833. The zero-order valence-electron chi connectivity index (χ0n) is 6.26. The molecule has 0 radical (unpaired) electrons. The highest BCUT2D eigenvalue weighted by Crippen LogP contribution is 1.85. The van der Waals surface area contributed by atoms with Crippen LogP contribution in [-0.2, 0) is 4.79 Å². The Morgan fingerprint density at radius 3 is 2.70 bits per heavy atom. The van der Waals surface area contributed by atoms with Gasteiger partial charge in [-0.15, -0.1) is 0 Å². The molecule has 0 saturated carbocycles. The normalized spacial score (nSPS) is 12.7. The quantitative estimate of drug-likeness (QED) is 0.450. The second kappa shape index (κ2) is 5.20. The van der Waals surface area contributed by atoms with E-state index in [0.29, 0.717) is 6.42 Å². The summed E-state index contributed by atoms with van der Waals surface area (Å²) < 4.78 is 0. The maximum Gasteiger partial charge on any atom is 0.221 e. The molecule has 4 nitrogen and oxygen atoms in total. The molecule has 0 aliphatic carbocycles. The molecule has 0 rings (SSSR count). The van der Waals surface area contributed by atoms with E-state index in [9.17, 15) is 4.79 Å². The molecule has 0 aliphatic rings. The van der Waals surface area contributed by atoms with Gasteiger partial charge in [0.25, 0.3) is 0 Å². The number of carbonyl (C=O) groups excluding carboxylic acids is 1. The molecule has 10 heavy (non-hydrogen) atoms. The lowest BCUT2D eigenvalue weighted by atomic mass is 10.3. The Kier molecular flexibility index (Phi) is 4.88. The fourth-order valence-electron chi connectivity index (χ4n) is 0.565. The molecule has 1 atom stereocenters. The van der Waals surface area contributed by atoms with E-state index in [1.54, 1.807) is 0 Å². The first-order chi connectivity index (χ1) is 4.70. The minimum absolute atomic E-state index is 0.0274. The van der Waals surface area contributed by atoms with Crippen molar-refractivity contribution in [2.45, 2.75) is 25.9 Å². The second-order valence-corrected chi connectivity index (χ2v) is 2.16. The Bertz CT molecular complexity index is 105. The van der Waals surface area contributed by atoms with Gasteiger partial charge in [0, 0.05) is 13.0 Å². The summed E-state index contributed by atoms with van der Waals surface area (Å²) in [5.41, 5.74) is 10.5. The van der Waals surface area contributed by atoms with Gasteiger partial charge in [-0.25, -0.2) is 0 Å². The number of carbonyl (C=O) groups is 1. The van der Waals surface area contributed by atoms with E-state index < -0.39 is 0 Å². The molecule has 1 unspecified atom stereocenters. The summed E-state index contributed by atoms with van der Waals surface area (Å²) in [5, 5.41) is 2.54. The Morgan fingerprint density at radius 1 is 1.70 bits per heavy atom. The van der Waals surface area contributed by atoms with Crippen molar-refractivity contribution in [3.8, 4) is 0 Å². The Hall–Kier alpha value is -0.610. The summed E-state index contributed by atoms with van der Waals surface area (Å²) in [7, 11) is 0. The average molecular weight is 145 g/mol. The largest absolute Gasteiger partial charge is 0.340 e. The van der Waals surface area contributed by atoms with Crippen LogP contribution in [-0.4, -0.2) is 18.6 Å². The predicted octanol–water partition coefficient (Wildman–Crippen LogP) is -0.854. The third-order valence-electron chi connectivity index (χ3n) is 1.08. The molecule has 0 fully saturated rings. The maximum atomic E-state index is 10.8. The minimum atomic E-state index is -0.390. The molecule has 1 amide bonds. The van der Waals surface area contributed by atoms with E-state index in [1.807, 2.05) is 6.92 Å². The summed E-state index contributed by atoms with van der Waals surface area (Å²) in [6, 6.07) is 0. The van der Waals surface area contributed by atoms with Crippen LogP contribution in [0.15, 0.2) is 0 Å². The van der Waals surface area contributed by atoms with Crippen LogP contribution in [0.4, 0.5) is 0 Å². The molecule has 0 aromatic carbocycles. The summed E-state index contributed by atoms with van der Waals surface area (Å²) in [4.78, 5) is 10.8. The monoisotopic (exact) mass is 145 g/mol. The number of hydrogen-bond donors (Lipinski definition) is 3. The van der Waals surface area contributed by atoms with Gasteiger partial charge in [0.15, 0.2) is 0 Å². The molecule has 4 heteroatoms. The summed E-state index contributed by atoms with van der Waals surface area (Å²) in [6.07, 6.45) is 0.968. The number of rotatable bonds is 4. The summed E-state index contributed by atoms with van der Waals surface area (Å²) in [5.74, 6) is -0.0274. The van der Waals surface area contributed by atoms with Crippen molar-refractivity contribution in [1.29, 1.82) is 0 Å². The fourth-order valence-corrected chi connectivity index (χ4v) is 0.565. The first-order valence-electron chi connectivity index (χ1n) is 3.45. The molecule has 0 aliphatic heterocycles. The average Bonchev–Trinajstić information content (AvgIpc) is 1.88. The third-order valence-corrected chi connectivity index (χ3v) is 1.08. The topological polar surface area (TPSA) is 81.1 Å². The number of nitrogens with one attached hydrogen (secondary N) is 1. The Labute approximate surface area is 61.0 Å². The second-order valence-electron chi connectivity index (χ2n) is 2.16. The van der Waals surface area contributed by atoms with E-state index in [0.717, 1.165) is 6.42 Å². The van der Waals surface area contributed by atoms with Crippen LogP contribution in [0.25, 0.3) is 0 Å². The Balaban J connectivity index is 3.37. The van der Waals surface area contributed by atoms with Crippen molar-refractivity contribution < 1.29 is 4.79 Å². The number of hydrogen-bond acceptors (Lipinski definition) is 3. The van der Waals surface area contributed by atoms with E-state index in [1.165, 1.54) is 0 Å². The minimum Gasteiger partial charge on any atom is -0.340 e. The molecule has 0 bridgehead atoms. The molecule has 60 valence electrons. The van der Waals surface area contributed by atoms with E-state index in [2.05, 4.69) is 5.32 Å². The molecular formula is C6H15N3O. The van der Waals surface area contributed by atoms with Crippen LogP contribution >= 0.6 is 0 Å². The van der Waals surface area contributed by atoms with Gasteiger partial charge in [-0.05, 0) is 6.42 Å². The smallest absolute Gasteiger partial charge is 0.221 e.